The number of carbonyl (C=O) groups is 1. The molecular formula is C24H30N4O4. The largest absolute Gasteiger partial charge is 0.496 e. The van der Waals surface area contributed by atoms with Gasteiger partial charge in [-0.1, -0.05) is 26.0 Å². The summed E-state index contributed by atoms with van der Waals surface area (Å²) in [5.41, 5.74) is 3.23. The number of para-hydroxylation sites is 1. The van der Waals surface area contributed by atoms with Crippen LogP contribution in [0, 0.1) is 12.8 Å². The van der Waals surface area contributed by atoms with Crippen LogP contribution in [0.2, 0.25) is 0 Å². The van der Waals surface area contributed by atoms with Crippen LogP contribution < -0.4 is 15.6 Å². The molecule has 32 heavy (non-hydrogen) atoms. The van der Waals surface area contributed by atoms with Gasteiger partial charge in [0.25, 0.3) is 11.5 Å². The molecule has 3 heterocycles. The van der Waals surface area contributed by atoms with E-state index in [0.29, 0.717) is 28.6 Å². The third-order valence-electron chi connectivity index (χ3n) is 6.08. The first-order chi connectivity index (χ1) is 15.4. The Morgan fingerprint density at radius 2 is 2.03 bits per heavy atom. The first-order valence-electron chi connectivity index (χ1n) is 11.0. The third kappa shape index (κ3) is 4.27. The van der Waals surface area contributed by atoms with Gasteiger partial charge in [0.1, 0.15) is 5.75 Å². The molecule has 1 aliphatic heterocycles. The van der Waals surface area contributed by atoms with Crippen molar-refractivity contribution in [1.82, 2.24) is 19.9 Å². The summed E-state index contributed by atoms with van der Waals surface area (Å²) in [6, 6.07) is 8.46. The van der Waals surface area contributed by atoms with Gasteiger partial charge in [-0.2, -0.15) is 0 Å². The molecule has 2 N–H and O–H groups in total. The number of hydrogen-bond donors (Lipinski definition) is 2. The lowest BCUT2D eigenvalue weighted by atomic mass is 9.97. The second-order valence-corrected chi connectivity index (χ2v) is 8.66. The average molecular weight is 439 g/mol. The van der Waals surface area contributed by atoms with Crippen LogP contribution in [-0.4, -0.2) is 40.8 Å². The molecule has 1 atom stereocenters. The molecule has 1 aromatic carbocycles. The van der Waals surface area contributed by atoms with Crippen molar-refractivity contribution in [1.29, 1.82) is 0 Å². The number of carbonyl (C=O) groups excluding carboxylic acids is 1. The molecule has 4 rings (SSSR count). The van der Waals surface area contributed by atoms with Crippen LogP contribution in [0.4, 0.5) is 0 Å². The number of fused-ring (bicyclic) bond motifs is 1. The van der Waals surface area contributed by atoms with Crippen molar-refractivity contribution in [3.8, 4) is 5.75 Å². The Balaban J connectivity index is 1.66. The zero-order chi connectivity index (χ0) is 22.8. The number of hydrogen-bond acceptors (Lipinski definition) is 5. The van der Waals surface area contributed by atoms with E-state index in [0.717, 1.165) is 37.3 Å². The van der Waals surface area contributed by atoms with Gasteiger partial charge in [0.05, 0.1) is 24.4 Å². The molecule has 0 aliphatic carbocycles. The van der Waals surface area contributed by atoms with Gasteiger partial charge < -0.3 is 14.8 Å². The molecule has 1 amide bonds. The highest BCUT2D eigenvalue weighted by Crippen LogP contribution is 2.28. The van der Waals surface area contributed by atoms with E-state index in [9.17, 15) is 9.59 Å². The van der Waals surface area contributed by atoms with E-state index in [1.165, 1.54) is 10.6 Å². The Bertz CT molecular complexity index is 1170. The molecule has 8 nitrogen and oxygen atoms in total. The van der Waals surface area contributed by atoms with Gasteiger partial charge >= 0.3 is 0 Å². The fourth-order valence-corrected chi connectivity index (χ4v) is 4.31. The van der Waals surface area contributed by atoms with Gasteiger partial charge in [-0.3, -0.25) is 14.7 Å². The molecule has 170 valence electrons. The van der Waals surface area contributed by atoms with Gasteiger partial charge in [-0.15, -0.1) is 0 Å². The van der Waals surface area contributed by atoms with E-state index in [1.807, 2.05) is 39.0 Å². The number of nitrogens with one attached hydrogen (secondary N) is 2. The monoisotopic (exact) mass is 438 g/mol. The number of aromatic amines is 1. The number of nitrogens with zero attached hydrogens (tertiary/aromatic N) is 2. The van der Waals surface area contributed by atoms with Crippen LogP contribution in [-0.2, 0) is 4.74 Å². The fraction of sp³-hybridized carbons (Fsp3) is 0.458. The van der Waals surface area contributed by atoms with E-state index >= 15 is 0 Å². The second-order valence-electron chi connectivity index (χ2n) is 8.66. The van der Waals surface area contributed by atoms with E-state index in [1.54, 1.807) is 13.2 Å². The summed E-state index contributed by atoms with van der Waals surface area (Å²) < 4.78 is 12.4. The van der Waals surface area contributed by atoms with Crippen molar-refractivity contribution in [2.45, 2.75) is 45.6 Å². The predicted octanol–water partition coefficient (Wildman–Crippen LogP) is 3.36. The summed E-state index contributed by atoms with van der Waals surface area (Å²) in [6.07, 6.45) is 1.83. The normalized spacial score (nSPS) is 15.8. The first-order valence-corrected chi connectivity index (χ1v) is 11.0. The minimum atomic E-state index is -0.424. The Morgan fingerprint density at radius 3 is 2.72 bits per heavy atom. The summed E-state index contributed by atoms with van der Waals surface area (Å²) in [5.74, 6) is 0.631. The highest BCUT2D eigenvalue weighted by Gasteiger charge is 2.25. The van der Waals surface area contributed by atoms with Gasteiger partial charge in [0.2, 0.25) is 0 Å². The number of H-pyrrole nitrogens is 1. The number of benzene rings is 1. The van der Waals surface area contributed by atoms with Gasteiger partial charge in [0, 0.05) is 37.0 Å². The zero-order valence-electron chi connectivity index (χ0n) is 19.0. The lowest BCUT2D eigenvalue weighted by Gasteiger charge is -2.22. The predicted molar refractivity (Wildman–Crippen MR) is 121 cm³/mol. The van der Waals surface area contributed by atoms with E-state index in [-0.39, 0.29) is 17.4 Å². The maximum atomic E-state index is 13.1. The minimum absolute atomic E-state index is 0.0259. The quantitative estimate of drug-likeness (QED) is 0.615. The molecule has 0 unspecified atom stereocenters. The van der Waals surface area contributed by atoms with Crippen LogP contribution >= 0.6 is 0 Å². The van der Waals surface area contributed by atoms with Crippen molar-refractivity contribution in [3.05, 3.63) is 63.2 Å². The molecule has 3 aromatic rings. The third-order valence-corrected chi connectivity index (χ3v) is 6.08. The summed E-state index contributed by atoms with van der Waals surface area (Å²) in [7, 11) is 1.55. The van der Waals surface area contributed by atoms with Crippen LogP contribution in [0.25, 0.3) is 5.65 Å². The Hall–Kier alpha value is -3.13. The van der Waals surface area contributed by atoms with Crippen LogP contribution in [0.15, 0.2) is 35.1 Å². The Morgan fingerprint density at radius 1 is 1.28 bits per heavy atom. The molecule has 0 radical (unpaired) electrons. The van der Waals surface area contributed by atoms with E-state index < -0.39 is 6.04 Å². The van der Waals surface area contributed by atoms with Gasteiger partial charge in [-0.05, 0) is 37.3 Å². The molecule has 2 aromatic heterocycles. The molecule has 1 aliphatic rings. The molecule has 0 bridgehead atoms. The number of ether oxygens (including phenoxy) is 2. The Kier molecular flexibility index (Phi) is 6.32. The smallest absolute Gasteiger partial charge is 0.272 e. The first kappa shape index (κ1) is 22.1. The zero-order valence-corrected chi connectivity index (χ0v) is 19.0. The minimum Gasteiger partial charge on any atom is -0.496 e. The number of methoxy groups -OCH3 is 1. The number of aryl methyl sites for hydroxylation is 1. The number of aromatic nitrogens is 3. The number of amides is 1. The topological polar surface area (TPSA) is 97.7 Å². The molecule has 0 spiro atoms. The molecule has 8 heteroatoms. The van der Waals surface area contributed by atoms with Crippen molar-refractivity contribution < 1.29 is 14.3 Å². The summed E-state index contributed by atoms with van der Waals surface area (Å²) >= 11 is 0. The maximum absolute atomic E-state index is 13.1. The van der Waals surface area contributed by atoms with Gasteiger partial charge in [-0.25, -0.2) is 9.50 Å². The molecule has 1 fully saturated rings. The van der Waals surface area contributed by atoms with Crippen LogP contribution in [0.1, 0.15) is 66.0 Å². The van der Waals surface area contributed by atoms with Crippen molar-refractivity contribution >= 4 is 11.6 Å². The molecule has 0 saturated carbocycles. The summed E-state index contributed by atoms with van der Waals surface area (Å²) in [5, 5.41) is 6.26. The van der Waals surface area contributed by atoms with E-state index in [4.69, 9.17) is 14.5 Å². The Labute approximate surface area is 186 Å². The van der Waals surface area contributed by atoms with Crippen molar-refractivity contribution in [3.63, 3.8) is 0 Å². The average Bonchev–Trinajstić information content (AvgIpc) is 3.22. The summed E-state index contributed by atoms with van der Waals surface area (Å²) in [4.78, 5) is 30.7. The summed E-state index contributed by atoms with van der Waals surface area (Å²) in [6.45, 7) is 7.32. The van der Waals surface area contributed by atoms with E-state index in [2.05, 4.69) is 10.4 Å². The lowest BCUT2D eigenvalue weighted by molar-refractivity contribution is 0.0844. The number of rotatable bonds is 6. The van der Waals surface area contributed by atoms with Crippen LogP contribution in [0.3, 0.4) is 0 Å². The van der Waals surface area contributed by atoms with Crippen molar-refractivity contribution in [2.24, 2.45) is 5.92 Å². The lowest BCUT2D eigenvalue weighted by Crippen LogP contribution is -2.34. The second kappa shape index (κ2) is 9.16. The van der Waals surface area contributed by atoms with Crippen molar-refractivity contribution in [2.75, 3.05) is 20.3 Å². The maximum Gasteiger partial charge on any atom is 0.272 e. The van der Waals surface area contributed by atoms with Crippen LogP contribution in [0.5, 0.6) is 5.75 Å². The fourth-order valence-electron chi connectivity index (χ4n) is 4.31. The SMILES string of the molecule is COc1c(C)cccc1C(=O)N[C@H](c1cc(=O)n2[nH]c(C3CCOCC3)cc2n1)C(C)C. The standard InChI is InChI=1S/C24H30N4O4/c1-14(2)22(26-24(30)17-7-5-6-15(3)23(17)31-4)19-13-21(29)28-20(25-19)12-18(27-28)16-8-10-32-11-9-16/h5-7,12-14,16,22,27H,8-11H2,1-4H3,(H,26,30)/t22-/m0/s1. The van der Waals surface area contributed by atoms with Gasteiger partial charge in [0.15, 0.2) is 5.65 Å². The molecular weight excluding hydrogens is 408 g/mol. The highest BCUT2D eigenvalue weighted by molar-refractivity contribution is 5.97. The highest BCUT2D eigenvalue weighted by atomic mass is 16.5. The molecule has 1 saturated heterocycles.